The highest BCUT2D eigenvalue weighted by Crippen LogP contribution is 2.65. The summed E-state index contributed by atoms with van der Waals surface area (Å²) in [7, 11) is 0. The van der Waals surface area contributed by atoms with Crippen molar-refractivity contribution in [3.05, 3.63) is 85.0 Å². The smallest absolute Gasteiger partial charge is 0.253 e. The highest BCUT2D eigenvalue weighted by atomic mass is 16.5. The molecule has 3 amide bonds. The number of likely N-dealkylation sites (tertiary alicyclic amines) is 1. The number of anilines is 2. The van der Waals surface area contributed by atoms with E-state index in [-0.39, 0.29) is 30.9 Å². The van der Waals surface area contributed by atoms with Gasteiger partial charge in [-0.3, -0.25) is 14.4 Å². The molecule has 0 saturated carbocycles. The molecule has 2 aromatic rings. The molecule has 3 aliphatic rings. The molecule has 3 fully saturated rings. The maximum atomic E-state index is 15.0. The first-order valence-corrected chi connectivity index (χ1v) is 16.8. The number of amides is 3. The molecule has 46 heavy (non-hydrogen) atoms. The van der Waals surface area contributed by atoms with Gasteiger partial charge in [0.15, 0.2) is 0 Å². The van der Waals surface area contributed by atoms with E-state index in [4.69, 9.17) is 4.74 Å². The molecule has 0 aliphatic carbocycles. The Kier molecular flexibility index (Phi) is 10.2. The topological polar surface area (TPSA) is 90.4 Å². The lowest BCUT2D eigenvalue weighted by atomic mass is 9.64. The Labute approximate surface area is 273 Å². The summed E-state index contributed by atoms with van der Waals surface area (Å²) in [6.07, 6.45) is 8.13. The zero-order valence-electron chi connectivity index (χ0n) is 27.6. The van der Waals surface area contributed by atoms with Crippen LogP contribution in [0.2, 0.25) is 0 Å². The summed E-state index contributed by atoms with van der Waals surface area (Å²) in [5.74, 6) is -2.06. The van der Waals surface area contributed by atoms with Gasteiger partial charge in [0, 0.05) is 37.6 Å². The number of unbranched alkanes of at least 4 members (excludes halogenated alkanes) is 3. The SMILES string of the molecule is C=CCN(C(=O)[C@@H]1[C@H]2C(=O)N(CCCCCCO)C(C(=O)N(CC=C)c3cc(C)ccc3C)C23CC[C@@]1(CC)O3)c1ccccc1. The van der Waals surface area contributed by atoms with E-state index >= 15 is 4.79 Å². The van der Waals surface area contributed by atoms with Crippen molar-refractivity contribution in [2.75, 3.05) is 36.0 Å². The van der Waals surface area contributed by atoms with E-state index in [0.717, 1.165) is 35.3 Å². The number of ether oxygens (including phenoxy) is 1. The molecule has 2 unspecified atom stereocenters. The van der Waals surface area contributed by atoms with Crippen LogP contribution < -0.4 is 9.80 Å². The van der Waals surface area contributed by atoms with E-state index in [1.807, 2.05) is 69.3 Å². The Morgan fingerprint density at radius 2 is 1.67 bits per heavy atom. The van der Waals surface area contributed by atoms with E-state index in [0.29, 0.717) is 45.2 Å². The Hall–Kier alpha value is -3.75. The van der Waals surface area contributed by atoms with Crippen LogP contribution in [-0.2, 0) is 19.1 Å². The monoisotopic (exact) mass is 627 g/mol. The number of carbonyl (C=O) groups is 3. The number of benzene rings is 2. The predicted molar refractivity (Wildman–Crippen MR) is 182 cm³/mol. The van der Waals surface area contributed by atoms with Crippen molar-refractivity contribution in [1.29, 1.82) is 0 Å². The van der Waals surface area contributed by atoms with Gasteiger partial charge in [0.2, 0.25) is 11.8 Å². The normalized spacial score (nSPS) is 26.2. The fourth-order valence-electron chi connectivity index (χ4n) is 8.18. The number of rotatable bonds is 15. The molecule has 2 aromatic carbocycles. The van der Waals surface area contributed by atoms with Crippen LogP contribution in [0.3, 0.4) is 0 Å². The number of hydrogen-bond donors (Lipinski definition) is 1. The lowest BCUT2D eigenvalue weighted by Crippen LogP contribution is -2.56. The van der Waals surface area contributed by atoms with Gasteiger partial charge in [0.25, 0.3) is 5.91 Å². The van der Waals surface area contributed by atoms with Crippen molar-refractivity contribution in [1.82, 2.24) is 4.90 Å². The van der Waals surface area contributed by atoms with Crippen LogP contribution in [0.5, 0.6) is 0 Å². The summed E-state index contributed by atoms with van der Waals surface area (Å²) in [6, 6.07) is 14.6. The second-order valence-corrected chi connectivity index (χ2v) is 13.1. The molecule has 8 nitrogen and oxygen atoms in total. The van der Waals surface area contributed by atoms with E-state index in [9.17, 15) is 14.7 Å². The van der Waals surface area contributed by atoms with Crippen molar-refractivity contribution in [3.63, 3.8) is 0 Å². The van der Waals surface area contributed by atoms with E-state index < -0.39 is 29.1 Å². The van der Waals surface area contributed by atoms with Gasteiger partial charge in [0.05, 0.1) is 17.4 Å². The second-order valence-electron chi connectivity index (χ2n) is 13.1. The third-order valence-electron chi connectivity index (χ3n) is 10.4. The molecule has 8 heteroatoms. The average Bonchev–Trinajstić information content (AvgIpc) is 3.67. The minimum atomic E-state index is -1.12. The highest BCUT2D eigenvalue weighted by molar-refractivity contribution is 6.07. The molecule has 246 valence electrons. The summed E-state index contributed by atoms with van der Waals surface area (Å²) < 4.78 is 7.07. The van der Waals surface area contributed by atoms with Crippen LogP contribution in [0.1, 0.15) is 63.0 Å². The van der Waals surface area contributed by atoms with Gasteiger partial charge < -0.3 is 24.5 Å². The van der Waals surface area contributed by atoms with Crippen molar-refractivity contribution >= 4 is 29.1 Å². The zero-order chi connectivity index (χ0) is 33.1. The number of carbonyl (C=O) groups excluding carboxylic acids is 3. The number of aliphatic hydroxyl groups excluding tert-OH is 1. The fourth-order valence-corrected chi connectivity index (χ4v) is 8.18. The number of hydrogen-bond acceptors (Lipinski definition) is 5. The predicted octanol–water partition coefficient (Wildman–Crippen LogP) is 5.75. The molecule has 1 spiro atoms. The summed E-state index contributed by atoms with van der Waals surface area (Å²) in [5, 5.41) is 9.29. The number of aryl methyl sites for hydroxylation is 2. The van der Waals surface area contributed by atoms with E-state index in [1.165, 1.54) is 0 Å². The quantitative estimate of drug-likeness (QED) is 0.201. The van der Waals surface area contributed by atoms with Gasteiger partial charge in [-0.15, -0.1) is 13.2 Å². The van der Waals surface area contributed by atoms with Crippen molar-refractivity contribution in [2.24, 2.45) is 11.8 Å². The van der Waals surface area contributed by atoms with Crippen LogP contribution in [0.25, 0.3) is 0 Å². The molecule has 0 aromatic heterocycles. The maximum Gasteiger partial charge on any atom is 0.253 e. The van der Waals surface area contributed by atoms with Gasteiger partial charge in [-0.2, -0.15) is 0 Å². The van der Waals surface area contributed by atoms with Gasteiger partial charge in [-0.1, -0.05) is 62.2 Å². The number of nitrogens with zero attached hydrogens (tertiary/aromatic N) is 3. The van der Waals surface area contributed by atoms with Crippen LogP contribution >= 0.6 is 0 Å². The van der Waals surface area contributed by atoms with Gasteiger partial charge in [0.1, 0.15) is 11.6 Å². The average molecular weight is 628 g/mol. The van der Waals surface area contributed by atoms with Crippen LogP contribution in [0, 0.1) is 25.7 Å². The first-order valence-electron chi connectivity index (χ1n) is 16.8. The Bertz CT molecular complexity index is 1460. The molecule has 3 heterocycles. The minimum absolute atomic E-state index is 0.126. The summed E-state index contributed by atoms with van der Waals surface area (Å²) >= 11 is 0. The Balaban J connectivity index is 1.60. The third-order valence-corrected chi connectivity index (χ3v) is 10.4. The lowest BCUT2D eigenvalue weighted by Gasteiger charge is -2.37. The largest absolute Gasteiger partial charge is 0.396 e. The summed E-state index contributed by atoms with van der Waals surface area (Å²) in [6.45, 7) is 14.9. The molecule has 3 aliphatic heterocycles. The molecule has 3 saturated heterocycles. The van der Waals surface area contributed by atoms with Gasteiger partial charge in [-0.25, -0.2) is 0 Å². The first kappa shape index (κ1) is 33.6. The first-order chi connectivity index (χ1) is 22.2. The number of fused-ring (bicyclic) bond motifs is 1. The molecule has 0 radical (unpaired) electrons. The van der Waals surface area contributed by atoms with E-state index in [1.54, 1.807) is 26.9 Å². The fraction of sp³-hybridized carbons (Fsp3) is 0.500. The van der Waals surface area contributed by atoms with Crippen molar-refractivity contribution in [2.45, 2.75) is 83.0 Å². The summed E-state index contributed by atoms with van der Waals surface area (Å²) in [4.78, 5) is 49.7. The standard InChI is InChI=1S/C38H49N3O5/c1-6-22-39(29-16-12-11-13-17-29)34(43)31-32-35(44)41(24-14-9-10-15-25-42)33(38(32)21-20-37(31,8-3)46-38)36(45)40(23-7-2)30-26-27(4)18-19-28(30)5/h6-7,11-13,16-19,26,31-33,42H,1-2,8-10,14-15,20-25H2,3-5H3/t31-,32-,33?,37+,38?/m0/s1. The number of aliphatic hydroxyl groups is 1. The maximum absolute atomic E-state index is 15.0. The molecule has 5 atom stereocenters. The molecule has 2 bridgehead atoms. The van der Waals surface area contributed by atoms with Gasteiger partial charge >= 0.3 is 0 Å². The minimum Gasteiger partial charge on any atom is -0.396 e. The third kappa shape index (κ3) is 5.71. The Morgan fingerprint density at radius 3 is 2.35 bits per heavy atom. The molecule has 5 rings (SSSR count). The van der Waals surface area contributed by atoms with Crippen LogP contribution in [-0.4, -0.2) is 71.2 Å². The number of para-hydroxylation sites is 1. The zero-order valence-corrected chi connectivity index (χ0v) is 27.6. The van der Waals surface area contributed by atoms with Crippen LogP contribution in [0.4, 0.5) is 11.4 Å². The van der Waals surface area contributed by atoms with Crippen molar-refractivity contribution in [3.8, 4) is 0 Å². The Morgan fingerprint density at radius 1 is 0.978 bits per heavy atom. The molecular formula is C38H49N3O5. The molecular weight excluding hydrogens is 578 g/mol. The van der Waals surface area contributed by atoms with E-state index in [2.05, 4.69) is 13.2 Å². The van der Waals surface area contributed by atoms with Crippen LogP contribution in [0.15, 0.2) is 73.8 Å². The van der Waals surface area contributed by atoms with Gasteiger partial charge in [-0.05, 0) is 75.3 Å². The van der Waals surface area contributed by atoms with Crippen molar-refractivity contribution < 1.29 is 24.2 Å². The summed E-state index contributed by atoms with van der Waals surface area (Å²) in [5.41, 5.74) is 1.53. The second kappa shape index (κ2) is 13.9. The molecule has 1 N–H and O–H groups in total. The lowest BCUT2D eigenvalue weighted by molar-refractivity contribution is -0.146. The highest BCUT2D eigenvalue weighted by Gasteiger charge is 2.79.